The summed E-state index contributed by atoms with van der Waals surface area (Å²) < 4.78 is 7.08. The van der Waals surface area contributed by atoms with Gasteiger partial charge in [0.05, 0.1) is 6.61 Å². The molecule has 1 aromatic carbocycles. The summed E-state index contributed by atoms with van der Waals surface area (Å²) in [4.78, 5) is 0. The van der Waals surface area contributed by atoms with Crippen LogP contribution in [0, 0.1) is 12.8 Å². The molecule has 1 N–H and O–H groups in total. The highest BCUT2D eigenvalue weighted by atomic mass is 79.9. The summed E-state index contributed by atoms with van der Waals surface area (Å²) >= 11 is 3.53. The second kappa shape index (κ2) is 7.80. The molecule has 102 valence electrons. The Hall–Kier alpha value is -0.540. The smallest absolute Gasteiger partial charge is 0.126 e. The summed E-state index contributed by atoms with van der Waals surface area (Å²) in [5.41, 5.74) is 2.41. The summed E-state index contributed by atoms with van der Waals surface area (Å²) in [6.07, 6.45) is 2.34. The van der Waals surface area contributed by atoms with Gasteiger partial charge in [-0.15, -0.1) is 0 Å². The van der Waals surface area contributed by atoms with Crippen LogP contribution in [0.2, 0.25) is 0 Å². The number of aryl methyl sites for hydroxylation is 1. The third-order valence-electron chi connectivity index (χ3n) is 2.86. The third kappa shape index (κ3) is 4.99. The van der Waals surface area contributed by atoms with E-state index >= 15 is 0 Å². The predicted octanol–water partition coefficient (Wildman–Crippen LogP) is 4.29. The summed E-state index contributed by atoms with van der Waals surface area (Å²) in [6, 6.07) is 4.23. The Morgan fingerprint density at radius 2 is 2.06 bits per heavy atom. The predicted molar refractivity (Wildman–Crippen MR) is 81.2 cm³/mol. The van der Waals surface area contributed by atoms with E-state index in [0.717, 1.165) is 35.7 Å². The van der Waals surface area contributed by atoms with Gasteiger partial charge in [0.1, 0.15) is 5.75 Å². The number of rotatable bonds is 7. The molecule has 2 nitrogen and oxygen atoms in total. The van der Waals surface area contributed by atoms with Crippen molar-refractivity contribution in [2.24, 2.45) is 5.92 Å². The molecule has 18 heavy (non-hydrogen) atoms. The fourth-order valence-electron chi connectivity index (χ4n) is 1.99. The minimum Gasteiger partial charge on any atom is -0.493 e. The maximum atomic E-state index is 5.97. The van der Waals surface area contributed by atoms with Gasteiger partial charge in [-0.3, -0.25) is 0 Å². The van der Waals surface area contributed by atoms with Crippen LogP contribution < -0.4 is 10.1 Å². The summed E-state index contributed by atoms with van der Waals surface area (Å²) in [6.45, 7) is 8.23. The van der Waals surface area contributed by atoms with Crippen molar-refractivity contribution >= 4 is 15.9 Å². The standard InChI is InChI=1S/C15H24BrNO/c1-11(2)6-5-7-18-15-12(3)8-14(16)9-13(15)10-17-4/h8-9,11,17H,5-7,10H2,1-4H3. The average Bonchev–Trinajstić information content (AvgIpc) is 2.26. The van der Waals surface area contributed by atoms with Crippen molar-refractivity contribution in [2.75, 3.05) is 13.7 Å². The molecule has 0 aliphatic heterocycles. The number of nitrogens with one attached hydrogen (secondary N) is 1. The van der Waals surface area contributed by atoms with Crippen molar-refractivity contribution in [3.8, 4) is 5.75 Å². The minimum absolute atomic E-state index is 0.747. The first-order valence-electron chi connectivity index (χ1n) is 6.61. The first-order valence-corrected chi connectivity index (χ1v) is 7.40. The van der Waals surface area contributed by atoms with E-state index in [1.165, 1.54) is 17.5 Å². The second-order valence-electron chi connectivity index (χ2n) is 5.13. The van der Waals surface area contributed by atoms with Crippen LogP contribution >= 0.6 is 15.9 Å². The zero-order chi connectivity index (χ0) is 13.5. The fourth-order valence-corrected chi connectivity index (χ4v) is 2.61. The van der Waals surface area contributed by atoms with Gasteiger partial charge < -0.3 is 10.1 Å². The van der Waals surface area contributed by atoms with E-state index in [-0.39, 0.29) is 0 Å². The zero-order valence-corrected chi connectivity index (χ0v) is 13.4. The van der Waals surface area contributed by atoms with Gasteiger partial charge in [0.25, 0.3) is 0 Å². The summed E-state index contributed by atoms with van der Waals surface area (Å²) in [5, 5.41) is 3.19. The maximum Gasteiger partial charge on any atom is 0.126 e. The topological polar surface area (TPSA) is 21.3 Å². The largest absolute Gasteiger partial charge is 0.493 e. The van der Waals surface area contributed by atoms with Gasteiger partial charge in [0, 0.05) is 16.6 Å². The maximum absolute atomic E-state index is 5.97. The SMILES string of the molecule is CNCc1cc(Br)cc(C)c1OCCCC(C)C. The molecule has 1 rings (SSSR count). The Labute approximate surface area is 119 Å². The van der Waals surface area contributed by atoms with Crippen molar-refractivity contribution in [3.63, 3.8) is 0 Å². The molecule has 0 aromatic heterocycles. The first-order chi connectivity index (χ1) is 8.54. The number of halogens is 1. The Kier molecular flexibility index (Phi) is 6.72. The molecular formula is C15H24BrNO. The van der Waals surface area contributed by atoms with E-state index in [1.807, 2.05) is 7.05 Å². The molecule has 0 amide bonds. The van der Waals surface area contributed by atoms with Crippen LogP contribution in [0.15, 0.2) is 16.6 Å². The fraction of sp³-hybridized carbons (Fsp3) is 0.600. The van der Waals surface area contributed by atoms with Gasteiger partial charge in [-0.25, -0.2) is 0 Å². The van der Waals surface area contributed by atoms with E-state index in [4.69, 9.17) is 4.74 Å². The Morgan fingerprint density at radius 1 is 1.33 bits per heavy atom. The lowest BCUT2D eigenvalue weighted by Gasteiger charge is -2.15. The highest BCUT2D eigenvalue weighted by molar-refractivity contribution is 9.10. The highest BCUT2D eigenvalue weighted by Gasteiger charge is 2.08. The highest BCUT2D eigenvalue weighted by Crippen LogP contribution is 2.28. The number of ether oxygens (including phenoxy) is 1. The van der Waals surface area contributed by atoms with Crippen molar-refractivity contribution in [2.45, 2.75) is 40.2 Å². The molecule has 3 heteroatoms. The molecule has 0 bridgehead atoms. The first kappa shape index (κ1) is 15.5. The molecular weight excluding hydrogens is 290 g/mol. The Balaban J connectivity index is 2.67. The van der Waals surface area contributed by atoms with Crippen LogP contribution in [-0.2, 0) is 6.54 Å². The lowest BCUT2D eigenvalue weighted by molar-refractivity contribution is 0.292. The van der Waals surface area contributed by atoms with Gasteiger partial charge in [0.2, 0.25) is 0 Å². The number of benzene rings is 1. The molecule has 0 radical (unpaired) electrons. The van der Waals surface area contributed by atoms with Crippen LogP contribution in [0.4, 0.5) is 0 Å². The van der Waals surface area contributed by atoms with Crippen LogP contribution in [0.5, 0.6) is 5.75 Å². The quantitative estimate of drug-likeness (QED) is 0.758. The summed E-state index contributed by atoms with van der Waals surface area (Å²) in [7, 11) is 1.96. The molecule has 0 heterocycles. The van der Waals surface area contributed by atoms with Crippen LogP contribution in [0.1, 0.15) is 37.8 Å². The van der Waals surface area contributed by atoms with E-state index in [2.05, 4.69) is 54.2 Å². The molecule has 0 unspecified atom stereocenters. The van der Waals surface area contributed by atoms with Crippen molar-refractivity contribution in [1.82, 2.24) is 5.32 Å². The van der Waals surface area contributed by atoms with Gasteiger partial charge in [-0.1, -0.05) is 29.8 Å². The van der Waals surface area contributed by atoms with Crippen molar-refractivity contribution in [1.29, 1.82) is 0 Å². The molecule has 0 fully saturated rings. The average molecular weight is 314 g/mol. The van der Waals surface area contributed by atoms with Gasteiger partial charge in [-0.05, 0) is 50.4 Å². The Bertz CT molecular complexity index is 377. The molecule has 0 aliphatic rings. The molecule has 0 aliphatic carbocycles. The van der Waals surface area contributed by atoms with Crippen molar-refractivity contribution in [3.05, 3.63) is 27.7 Å². The van der Waals surface area contributed by atoms with Gasteiger partial charge >= 0.3 is 0 Å². The second-order valence-corrected chi connectivity index (χ2v) is 6.04. The molecule has 0 spiro atoms. The molecule has 0 saturated carbocycles. The number of hydrogen-bond acceptors (Lipinski definition) is 2. The summed E-state index contributed by atoms with van der Waals surface area (Å²) in [5.74, 6) is 1.78. The van der Waals surface area contributed by atoms with Crippen LogP contribution in [-0.4, -0.2) is 13.7 Å². The van der Waals surface area contributed by atoms with Gasteiger partial charge in [-0.2, -0.15) is 0 Å². The van der Waals surface area contributed by atoms with Crippen LogP contribution in [0.3, 0.4) is 0 Å². The molecule has 0 saturated heterocycles. The molecule has 1 aromatic rings. The van der Waals surface area contributed by atoms with E-state index in [1.54, 1.807) is 0 Å². The zero-order valence-electron chi connectivity index (χ0n) is 11.8. The van der Waals surface area contributed by atoms with E-state index in [0.29, 0.717) is 0 Å². The van der Waals surface area contributed by atoms with Gasteiger partial charge in [0.15, 0.2) is 0 Å². The monoisotopic (exact) mass is 313 g/mol. The van der Waals surface area contributed by atoms with Crippen LogP contribution in [0.25, 0.3) is 0 Å². The van der Waals surface area contributed by atoms with E-state index in [9.17, 15) is 0 Å². The molecule has 0 atom stereocenters. The number of hydrogen-bond donors (Lipinski definition) is 1. The normalized spacial score (nSPS) is 11.0. The van der Waals surface area contributed by atoms with E-state index < -0.39 is 0 Å². The minimum atomic E-state index is 0.747. The lowest BCUT2D eigenvalue weighted by atomic mass is 10.1. The Morgan fingerprint density at radius 3 is 2.67 bits per heavy atom. The lowest BCUT2D eigenvalue weighted by Crippen LogP contribution is -2.09. The van der Waals surface area contributed by atoms with Crippen molar-refractivity contribution < 1.29 is 4.74 Å². The third-order valence-corrected chi connectivity index (χ3v) is 3.31.